The summed E-state index contributed by atoms with van der Waals surface area (Å²) in [6.07, 6.45) is 1.96. The summed E-state index contributed by atoms with van der Waals surface area (Å²) < 4.78 is 12.8. The van der Waals surface area contributed by atoms with Gasteiger partial charge in [0, 0.05) is 41.7 Å². The minimum Gasteiger partial charge on any atom is -0.495 e. The Kier molecular flexibility index (Phi) is 10.1. The van der Waals surface area contributed by atoms with Crippen molar-refractivity contribution in [3.63, 3.8) is 0 Å². The fraction of sp³-hybridized carbons (Fsp3) is 0.355. The molecule has 2 aromatic carbocycles. The summed E-state index contributed by atoms with van der Waals surface area (Å²) in [5.74, 6) is -1.12. The summed E-state index contributed by atoms with van der Waals surface area (Å²) in [5, 5.41) is 9.56. The first kappa shape index (κ1) is 30.8. The van der Waals surface area contributed by atoms with Crippen molar-refractivity contribution in [3.8, 4) is 16.9 Å². The van der Waals surface area contributed by atoms with Crippen LogP contribution in [0.4, 0.5) is 0 Å². The van der Waals surface area contributed by atoms with Crippen molar-refractivity contribution >= 4 is 29.1 Å². The Morgan fingerprint density at radius 3 is 2.27 bits per heavy atom. The molecule has 40 heavy (non-hydrogen) atoms. The topological polar surface area (TPSA) is 112 Å². The van der Waals surface area contributed by atoms with E-state index < -0.39 is 23.2 Å². The van der Waals surface area contributed by atoms with E-state index >= 15 is 0 Å². The lowest BCUT2D eigenvalue weighted by Crippen LogP contribution is -2.32. The van der Waals surface area contributed by atoms with Crippen LogP contribution in [0.15, 0.2) is 59.5 Å². The number of carboxylic acids is 1. The van der Waals surface area contributed by atoms with Gasteiger partial charge in [-0.15, -0.1) is 0 Å². The molecule has 0 saturated carbocycles. The summed E-state index contributed by atoms with van der Waals surface area (Å²) in [7, 11) is 1.45. The zero-order valence-corrected chi connectivity index (χ0v) is 24.1. The van der Waals surface area contributed by atoms with E-state index in [1.54, 1.807) is 37.3 Å². The largest absolute Gasteiger partial charge is 0.495 e. The Hall–Kier alpha value is -3.75. The second-order valence-corrected chi connectivity index (χ2v) is 10.8. The summed E-state index contributed by atoms with van der Waals surface area (Å²) in [5.41, 5.74) is 1.11. The molecule has 1 aromatic heterocycles. The standard InChI is InChI=1S/C31H34ClNO7/c1-6-26(34)22-12-11-21(32)16-23(22)24-17-29(36)33(18-28(24)39-5)25(13-14-40-31(2,3)4)27(35)15-19-7-9-20(10-8-19)30(37)38/h7-12,16-18,25H,6,13-15H2,1-5H3,(H,37,38). The second-order valence-electron chi connectivity index (χ2n) is 10.4. The maximum absolute atomic E-state index is 13.6. The van der Waals surface area contributed by atoms with Crippen LogP contribution in [0.25, 0.3) is 11.1 Å². The van der Waals surface area contributed by atoms with Gasteiger partial charge in [-0.3, -0.25) is 14.4 Å². The molecule has 0 aliphatic rings. The number of carboxylic acid groups (broad SMARTS) is 1. The Bertz CT molecular complexity index is 1450. The number of hydrogen-bond donors (Lipinski definition) is 1. The number of hydrogen-bond acceptors (Lipinski definition) is 6. The number of carbonyl (C=O) groups is 3. The zero-order chi connectivity index (χ0) is 29.6. The van der Waals surface area contributed by atoms with Crippen LogP contribution in [0.5, 0.6) is 5.75 Å². The van der Waals surface area contributed by atoms with Gasteiger partial charge in [0.15, 0.2) is 11.6 Å². The summed E-state index contributed by atoms with van der Waals surface area (Å²) in [4.78, 5) is 50.9. The summed E-state index contributed by atoms with van der Waals surface area (Å²) in [6.45, 7) is 7.67. The lowest BCUT2D eigenvalue weighted by atomic mass is 9.95. The Morgan fingerprint density at radius 1 is 1.02 bits per heavy atom. The third-order valence-electron chi connectivity index (χ3n) is 6.37. The van der Waals surface area contributed by atoms with Crippen molar-refractivity contribution in [2.45, 2.75) is 58.6 Å². The number of ether oxygens (including phenoxy) is 2. The first-order valence-corrected chi connectivity index (χ1v) is 13.3. The van der Waals surface area contributed by atoms with Crippen LogP contribution in [0.3, 0.4) is 0 Å². The average molecular weight is 568 g/mol. The molecule has 0 aliphatic heterocycles. The Labute approximate surface area is 238 Å². The number of aromatic nitrogens is 1. The zero-order valence-electron chi connectivity index (χ0n) is 23.3. The number of ketones is 2. The molecule has 212 valence electrons. The van der Waals surface area contributed by atoms with Crippen molar-refractivity contribution < 1.29 is 29.0 Å². The van der Waals surface area contributed by atoms with Crippen LogP contribution >= 0.6 is 11.6 Å². The number of Topliss-reactive ketones (excluding diaryl/α,β-unsaturated/α-hetero) is 2. The highest BCUT2D eigenvalue weighted by atomic mass is 35.5. The monoisotopic (exact) mass is 567 g/mol. The van der Waals surface area contributed by atoms with Crippen LogP contribution < -0.4 is 10.3 Å². The number of aromatic carboxylic acids is 1. The quantitative estimate of drug-likeness (QED) is 0.266. The van der Waals surface area contributed by atoms with Gasteiger partial charge in [-0.2, -0.15) is 0 Å². The predicted molar refractivity (Wildman–Crippen MR) is 154 cm³/mol. The van der Waals surface area contributed by atoms with Gasteiger partial charge in [0.2, 0.25) is 0 Å². The van der Waals surface area contributed by atoms with E-state index in [9.17, 15) is 19.2 Å². The number of carbonyl (C=O) groups excluding carboxylic acids is 2. The van der Waals surface area contributed by atoms with Gasteiger partial charge in [0.1, 0.15) is 5.75 Å². The molecule has 0 bridgehead atoms. The number of nitrogens with zero attached hydrogens (tertiary/aromatic N) is 1. The number of rotatable bonds is 12. The van der Waals surface area contributed by atoms with E-state index in [-0.39, 0.29) is 43.0 Å². The lowest BCUT2D eigenvalue weighted by Gasteiger charge is -2.24. The summed E-state index contributed by atoms with van der Waals surface area (Å²) >= 11 is 6.24. The number of halogens is 1. The molecule has 3 aromatic rings. The predicted octanol–water partition coefficient (Wildman–Crippen LogP) is 6.03. The van der Waals surface area contributed by atoms with E-state index in [0.29, 0.717) is 33.0 Å². The van der Waals surface area contributed by atoms with Gasteiger partial charge in [0.25, 0.3) is 5.56 Å². The average Bonchev–Trinajstić information content (AvgIpc) is 2.90. The highest BCUT2D eigenvalue weighted by Gasteiger charge is 2.25. The van der Waals surface area contributed by atoms with E-state index in [1.807, 2.05) is 20.8 Å². The number of pyridine rings is 1. The van der Waals surface area contributed by atoms with Gasteiger partial charge in [-0.25, -0.2) is 4.79 Å². The van der Waals surface area contributed by atoms with E-state index in [0.717, 1.165) is 0 Å². The van der Waals surface area contributed by atoms with E-state index in [2.05, 4.69) is 0 Å². The molecule has 0 aliphatic carbocycles. The van der Waals surface area contributed by atoms with Crippen molar-refractivity contribution in [1.29, 1.82) is 0 Å². The maximum Gasteiger partial charge on any atom is 0.335 e. The normalized spacial score (nSPS) is 12.2. The molecule has 1 N–H and O–H groups in total. The maximum atomic E-state index is 13.6. The molecular weight excluding hydrogens is 534 g/mol. The van der Waals surface area contributed by atoms with E-state index in [4.69, 9.17) is 26.2 Å². The highest BCUT2D eigenvalue weighted by Crippen LogP contribution is 2.34. The third kappa shape index (κ3) is 7.67. The fourth-order valence-corrected chi connectivity index (χ4v) is 4.51. The van der Waals surface area contributed by atoms with Crippen molar-refractivity contribution in [2.24, 2.45) is 0 Å². The number of methoxy groups -OCH3 is 1. The minimum absolute atomic E-state index is 0.0139. The van der Waals surface area contributed by atoms with Crippen molar-refractivity contribution in [3.05, 3.63) is 86.8 Å². The summed E-state index contributed by atoms with van der Waals surface area (Å²) in [6, 6.07) is 11.4. The van der Waals surface area contributed by atoms with Gasteiger partial charge in [-0.05, 0) is 68.7 Å². The lowest BCUT2D eigenvalue weighted by molar-refractivity contribution is -0.122. The molecule has 0 fully saturated rings. The fourth-order valence-electron chi connectivity index (χ4n) is 4.33. The van der Waals surface area contributed by atoms with Gasteiger partial charge >= 0.3 is 5.97 Å². The second kappa shape index (κ2) is 13.1. The van der Waals surface area contributed by atoms with Crippen LogP contribution in [0.1, 0.15) is 72.9 Å². The SMILES string of the molecule is CCC(=O)c1ccc(Cl)cc1-c1cc(=O)n(C(CCOC(C)(C)C)C(=O)Cc2ccc(C(=O)O)cc2)cc1OC. The molecule has 0 amide bonds. The highest BCUT2D eigenvalue weighted by molar-refractivity contribution is 6.31. The molecule has 9 heteroatoms. The molecular formula is C31H34ClNO7. The Balaban J connectivity index is 2.06. The van der Waals surface area contributed by atoms with Gasteiger partial charge in [0.05, 0.1) is 30.5 Å². The first-order valence-electron chi connectivity index (χ1n) is 13.0. The van der Waals surface area contributed by atoms with Crippen LogP contribution in [-0.4, -0.2) is 46.5 Å². The number of benzene rings is 2. The molecule has 8 nitrogen and oxygen atoms in total. The van der Waals surface area contributed by atoms with Crippen LogP contribution in [-0.2, 0) is 16.0 Å². The molecule has 0 radical (unpaired) electrons. The molecule has 3 rings (SSSR count). The smallest absolute Gasteiger partial charge is 0.335 e. The first-order chi connectivity index (χ1) is 18.8. The molecule has 1 atom stereocenters. The minimum atomic E-state index is -1.06. The van der Waals surface area contributed by atoms with Crippen molar-refractivity contribution in [2.75, 3.05) is 13.7 Å². The molecule has 0 saturated heterocycles. The molecule has 1 heterocycles. The van der Waals surface area contributed by atoms with Crippen molar-refractivity contribution in [1.82, 2.24) is 4.57 Å². The van der Waals surface area contributed by atoms with Gasteiger partial charge in [-0.1, -0.05) is 30.7 Å². The molecule has 0 spiro atoms. The van der Waals surface area contributed by atoms with Crippen LogP contribution in [0.2, 0.25) is 5.02 Å². The molecule has 1 unspecified atom stereocenters. The Morgan fingerprint density at radius 2 is 1.70 bits per heavy atom. The van der Waals surface area contributed by atoms with E-state index in [1.165, 1.54) is 36.1 Å². The third-order valence-corrected chi connectivity index (χ3v) is 6.61. The van der Waals surface area contributed by atoms with Crippen LogP contribution in [0, 0.1) is 0 Å². The van der Waals surface area contributed by atoms with Gasteiger partial charge < -0.3 is 19.1 Å².